The fraction of sp³-hybridized carbons (Fsp3) is 0.259. The Kier molecular flexibility index (Phi) is 7.69. The van der Waals surface area contributed by atoms with Crippen molar-refractivity contribution in [3.8, 4) is 0 Å². The van der Waals surface area contributed by atoms with Crippen LogP contribution in [0.5, 0.6) is 0 Å². The van der Waals surface area contributed by atoms with Crippen LogP contribution in [0, 0.1) is 0 Å². The Morgan fingerprint density at radius 2 is 1.43 bits per heavy atom. The molecular formula is C27H20F9N3O3. The van der Waals surface area contributed by atoms with Crippen molar-refractivity contribution >= 4 is 28.3 Å². The van der Waals surface area contributed by atoms with E-state index in [0.29, 0.717) is 6.08 Å². The van der Waals surface area contributed by atoms with Crippen molar-refractivity contribution in [2.45, 2.75) is 37.1 Å². The van der Waals surface area contributed by atoms with E-state index < -0.39 is 64.4 Å². The molecule has 2 unspecified atom stereocenters. The number of fused-ring (bicyclic) bond motifs is 1. The number of alkyl halides is 9. The van der Waals surface area contributed by atoms with Crippen molar-refractivity contribution in [2.75, 3.05) is 7.05 Å². The van der Waals surface area contributed by atoms with Crippen LogP contribution in [0.1, 0.15) is 39.5 Å². The lowest BCUT2D eigenvalue weighted by Crippen LogP contribution is -2.43. The summed E-state index contributed by atoms with van der Waals surface area (Å²) in [6, 6.07) is 7.06. The van der Waals surface area contributed by atoms with Crippen LogP contribution in [0.25, 0.3) is 16.5 Å². The minimum Gasteiger partial charge on any atom is -0.357 e. The number of rotatable bonds is 5. The second-order valence-corrected chi connectivity index (χ2v) is 9.31. The highest BCUT2D eigenvalue weighted by Gasteiger charge is 2.60. The molecule has 0 aliphatic carbocycles. The van der Waals surface area contributed by atoms with Gasteiger partial charge in [-0.15, -0.1) is 0 Å². The first-order valence-electron chi connectivity index (χ1n) is 12.0. The molecule has 6 nitrogen and oxygen atoms in total. The van der Waals surface area contributed by atoms with Gasteiger partial charge in [-0.1, -0.05) is 30.3 Å². The topological polar surface area (TPSA) is 79.5 Å². The summed E-state index contributed by atoms with van der Waals surface area (Å²) in [6.07, 6.45) is -16.0. The number of hydrogen-bond acceptors (Lipinski definition) is 4. The molecule has 42 heavy (non-hydrogen) atoms. The van der Waals surface area contributed by atoms with Gasteiger partial charge in [0.25, 0.3) is 5.91 Å². The summed E-state index contributed by atoms with van der Waals surface area (Å²) in [4.78, 5) is 29.5. The van der Waals surface area contributed by atoms with Crippen molar-refractivity contribution in [1.29, 1.82) is 0 Å². The highest BCUT2D eigenvalue weighted by molar-refractivity contribution is 6.10. The van der Waals surface area contributed by atoms with Crippen LogP contribution in [-0.4, -0.2) is 31.1 Å². The summed E-state index contributed by atoms with van der Waals surface area (Å²) < 4.78 is 124. The third kappa shape index (κ3) is 5.60. The number of amides is 2. The van der Waals surface area contributed by atoms with E-state index >= 15 is 0 Å². The molecule has 1 aliphatic heterocycles. The predicted octanol–water partition coefficient (Wildman–Crippen LogP) is 6.08. The summed E-state index contributed by atoms with van der Waals surface area (Å²) in [7, 11) is 1.36. The maximum atomic E-state index is 14.5. The Balaban J connectivity index is 1.88. The van der Waals surface area contributed by atoms with E-state index in [1.807, 2.05) is 5.48 Å². The van der Waals surface area contributed by atoms with E-state index in [9.17, 15) is 49.1 Å². The van der Waals surface area contributed by atoms with Crippen molar-refractivity contribution in [2.24, 2.45) is 0 Å². The molecule has 3 aromatic carbocycles. The number of nitrogens with one attached hydrogen (secondary N) is 3. The number of benzene rings is 3. The fourth-order valence-corrected chi connectivity index (χ4v) is 4.43. The molecule has 1 heterocycles. The van der Waals surface area contributed by atoms with Crippen LogP contribution >= 0.6 is 0 Å². The second kappa shape index (κ2) is 10.5. The van der Waals surface area contributed by atoms with Crippen molar-refractivity contribution in [3.63, 3.8) is 0 Å². The molecule has 3 N–H and O–H groups in total. The van der Waals surface area contributed by atoms with Crippen molar-refractivity contribution in [3.05, 3.63) is 88.5 Å². The maximum absolute atomic E-state index is 14.5. The van der Waals surface area contributed by atoms with Crippen LogP contribution in [-0.2, 0) is 27.6 Å². The zero-order chi connectivity index (χ0) is 31.3. The van der Waals surface area contributed by atoms with Gasteiger partial charge in [-0.2, -0.15) is 39.5 Å². The van der Waals surface area contributed by atoms with Crippen LogP contribution in [0.3, 0.4) is 0 Å². The Morgan fingerprint density at radius 3 is 1.95 bits per heavy atom. The van der Waals surface area contributed by atoms with Gasteiger partial charge in [0, 0.05) is 23.7 Å². The molecule has 4 rings (SSSR count). The van der Waals surface area contributed by atoms with Gasteiger partial charge >= 0.3 is 18.5 Å². The van der Waals surface area contributed by atoms with E-state index in [2.05, 4.69) is 10.6 Å². The average molecular weight is 605 g/mol. The number of halogens is 9. The van der Waals surface area contributed by atoms with Crippen LogP contribution in [0.15, 0.2) is 60.7 Å². The monoisotopic (exact) mass is 605 g/mol. The van der Waals surface area contributed by atoms with Crippen LogP contribution in [0.4, 0.5) is 39.5 Å². The number of hydrogen-bond donors (Lipinski definition) is 3. The molecule has 15 heteroatoms. The summed E-state index contributed by atoms with van der Waals surface area (Å²) in [5.74, 6) is -1.18. The zero-order valence-electron chi connectivity index (χ0n) is 21.5. The summed E-state index contributed by atoms with van der Waals surface area (Å²) in [5, 5.41) is 5.26. The van der Waals surface area contributed by atoms with Gasteiger partial charge in [-0.25, -0.2) is 0 Å². The molecule has 2 atom stereocenters. The SMILES string of the molecule is CNC(=O)C(C)NC(=O)c1ccc(C2=CC(c3cc(C(F)(F)F)cc(C(F)(F)F)c3)(C(F)(F)F)ON2)c2ccccc12. The number of carbonyl (C=O) groups excluding carboxylic acids is 2. The van der Waals surface area contributed by atoms with E-state index in [-0.39, 0.29) is 40.1 Å². The molecule has 0 spiro atoms. The lowest BCUT2D eigenvalue weighted by molar-refractivity contribution is -0.269. The normalized spacial score (nSPS) is 18.3. The highest BCUT2D eigenvalue weighted by atomic mass is 19.4. The fourth-order valence-electron chi connectivity index (χ4n) is 4.43. The maximum Gasteiger partial charge on any atom is 0.428 e. The Morgan fingerprint density at radius 1 is 0.857 bits per heavy atom. The quantitative estimate of drug-likeness (QED) is 0.309. The van der Waals surface area contributed by atoms with Gasteiger partial charge in [-0.3, -0.25) is 19.9 Å². The zero-order valence-corrected chi connectivity index (χ0v) is 21.5. The minimum absolute atomic E-state index is 0.00403. The van der Waals surface area contributed by atoms with E-state index in [0.717, 1.165) is 0 Å². The van der Waals surface area contributed by atoms with Crippen molar-refractivity contribution < 1.29 is 53.9 Å². The average Bonchev–Trinajstić information content (AvgIpc) is 3.37. The first-order valence-corrected chi connectivity index (χ1v) is 12.0. The molecule has 1 aliphatic rings. The predicted molar refractivity (Wildman–Crippen MR) is 131 cm³/mol. The van der Waals surface area contributed by atoms with Crippen molar-refractivity contribution in [1.82, 2.24) is 16.1 Å². The molecule has 0 aromatic heterocycles. The van der Waals surface area contributed by atoms with Gasteiger partial charge in [0.15, 0.2) is 0 Å². The lowest BCUT2D eigenvalue weighted by atomic mass is 9.88. The standard InChI is InChI=1S/C27H20F9N3O3/c1-13(22(40)37-2)38-23(41)20-8-7-19(17-5-3-4-6-18(17)20)21-12-24(42-39-21,27(34,35)36)14-9-15(25(28,29)30)11-16(10-14)26(31,32)33/h3-13,39H,1-2H3,(H,37,40)(H,38,41). The Hall–Kier alpha value is -4.27. The largest absolute Gasteiger partial charge is 0.428 e. The van der Waals surface area contributed by atoms with Gasteiger partial charge in [0.05, 0.1) is 16.8 Å². The van der Waals surface area contributed by atoms with Gasteiger partial charge < -0.3 is 10.6 Å². The molecule has 0 bridgehead atoms. The van der Waals surface area contributed by atoms with Gasteiger partial charge in [-0.05, 0) is 48.0 Å². The summed E-state index contributed by atoms with van der Waals surface area (Å²) in [5.41, 5.74) is -7.49. The minimum atomic E-state index is -5.53. The van der Waals surface area contributed by atoms with E-state index in [1.165, 1.54) is 50.4 Å². The number of likely N-dealkylation sites (N-methyl/N-ethyl adjacent to an activating group) is 1. The Labute approximate surface area is 231 Å². The molecular weight excluding hydrogens is 585 g/mol. The van der Waals surface area contributed by atoms with Gasteiger partial charge in [0.1, 0.15) is 6.04 Å². The summed E-state index contributed by atoms with van der Waals surface area (Å²) in [6.45, 7) is 1.42. The first-order chi connectivity index (χ1) is 19.4. The smallest absolute Gasteiger partial charge is 0.357 e. The molecule has 0 saturated carbocycles. The molecule has 2 amide bonds. The van der Waals surface area contributed by atoms with Gasteiger partial charge in [0.2, 0.25) is 11.5 Å². The second-order valence-electron chi connectivity index (χ2n) is 9.31. The van der Waals surface area contributed by atoms with Crippen LogP contribution in [0.2, 0.25) is 0 Å². The molecule has 0 radical (unpaired) electrons. The first kappa shape index (κ1) is 30.7. The third-order valence-electron chi connectivity index (χ3n) is 6.55. The van der Waals surface area contributed by atoms with E-state index in [4.69, 9.17) is 4.84 Å². The molecule has 0 saturated heterocycles. The van der Waals surface area contributed by atoms with Crippen LogP contribution < -0.4 is 16.1 Å². The summed E-state index contributed by atoms with van der Waals surface area (Å²) >= 11 is 0. The molecule has 0 fully saturated rings. The number of carbonyl (C=O) groups is 2. The number of hydroxylamine groups is 1. The lowest BCUT2D eigenvalue weighted by Gasteiger charge is -2.29. The van der Waals surface area contributed by atoms with E-state index in [1.54, 1.807) is 0 Å². The molecule has 224 valence electrons. The third-order valence-corrected chi connectivity index (χ3v) is 6.55. The highest BCUT2D eigenvalue weighted by Crippen LogP contribution is 2.50. The molecule has 3 aromatic rings. The Bertz CT molecular complexity index is 1550.